The molecular formula is C22H32O2. The highest BCUT2D eigenvalue weighted by molar-refractivity contribution is 5.43. The third kappa shape index (κ3) is 2.36. The first-order valence-corrected chi connectivity index (χ1v) is 9.62. The maximum atomic E-state index is 6.63. The van der Waals surface area contributed by atoms with Gasteiger partial charge in [-0.15, -0.1) is 0 Å². The second-order valence-electron chi connectivity index (χ2n) is 9.75. The van der Waals surface area contributed by atoms with E-state index < -0.39 is 0 Å². The van der Waals surface area contributed by atoms with Crippen LogP contribution < -0.4 is 9.47 Å². The van der Waals surface area contributed by atoms with Crippen molar-refractivity contribution in [2.45, 2.75) is 71.8 Å². The van der Waals surface area contributed by atoms with Gasteiger partial charge in [0.15, 0.2) is 0 Å². The molecule has 0 radical (unpaired) electrons. The Bertz CT molecular complexity index is 649. The van der Waals surface area contributed by atoms with Crippen LogP contribution in [0.4, 0.5) is 0 Å². The molecule has 0 spiro atoms. The van der Waals surface area contributed by atoms with Crippen molar-refractivity contribution in [1.29, 1.82) is 0 Å². The fraction of sp³-hybridized carbons (Fsp3) is 0.727. The Kier molecular flexibility index (Phi) is 3.50. The number of methoxy groups -OCH3 is 1. The number of fused-ring (bicyclic) bond motifs is 4. The van der Waals surface area contributed by atoms with Gasteiger partial charge in [0.05, 0.1) is 7.11 Å². The Hall–Kier alpha value is -1.18. The molecule has 0 N–H and O–H groups in total. The number of benzene rings is 1. The summed E-state index contributed by atoms with van der Waals surface area (Å²) in [5.41, 5.74) is 2.25. The largest absolute Gasteiger partial charge is 0.497 e. The molecule has 24 heavy (non-hydrogen) atoms. The van der Waals surface area contributed by atoms with Gasteiger partial charge in [-0.1, -0.05) is 20.8 Å². The third-order valence-corrected chi connectivity index (χ3v) is 7.63. The van der Waals surface area contributed by atoms with E-state index in [1.165, 1.54) is 37.7 Å². The van der Waals surface area contributed by atoms with Crippen LogP contribution in [0.3, 0.4) is 0 Å². The Morgan fingerprint density at radius 2 is 1.88 bits per heavy atom. The molecule has 1 aromatic rings. The molecule has 2 aliphatic carbocycles. The molecule has 1 aromatic carbocycles. The zero-order valence-corrected chi connectivity index (χ0v) is 15.9. The summed E-state index contributed by atoms with van der Waals surface area (Å²) in [5.74, 6) is 3.48. The Labute approximate surface area is 146 Å². The summed E-state index contributed by atoms with van der Waals surface area (Å²) >= 11 is 0. The van der Waals surface area contributed by atoms with Crippen molar-refractivity contribution < 1.29 is 9.47 Å². The SMILES string of the molecule is COc1ccc2c(c1)CC1C(C)(CCC3CC(C)(C)CCC31C)O2. The molecule has 4 atom stereocenters. The predicted molar refractivity (Wildman–Crippen MR) is 97.7 cm³/mol. The van der Waals surface area contributed by atoms with E-state index in [4.69, 9.17) is 9.47 Å². The molecule has 2 heteroatoms. The molecule has 2 nitrogen and oxygen atoms in total. The summed E-state index contributed by atoms with van der Waals surface area (Å²) in [6.07, 6.45) is 7.71. The number of ether oxygens (including phenoxy) is 2. The smallest absolute Gasteiger partial charge is 0.123 e. The molecule has 132 valence electrons. The van der Waals surface area contributed by atoms with E-state index in [-0.39, 0.29) is 5.60 Å². The minimum absolute atomic E-state index is 0.00563. The van der Waals surface area contributed by atoms with Crippen molar-refractivity contribution in [3.63, 3.8) is 0 Å². The first-order valence-electron chi connectivity index (χ1n) is 9.62. The molecule has 2 saturated carbocycles. The topological polar surface area (TPSA) is 18.5 Å². The van der Waals surface area contributed by atoms with Gasteiger partial charge >= 0.3 is 0 Å². The van der Waals surface area contributed by atoms with Crippen molar-refractivity contribution in [2.75, 3.05) is 7.11 Å². The van der Waals surface area contributed by atoms with Gasteiger partial charge in [0.2, 0.25) is 0 Å². The fourth-order valence-electron chi connectivity index (χ4n) is 6.02. The molecule has 4 rings (SSSR count). The van der Waals surface area contributed by atoms with Crippen LogP contribution in [0.15, 0.2) is 18.2 Å². The van der Waals surface area contributed by atoms with Crippen LogP contribution in [0.5, 0.6) is 11.5 Å². The highest BCUT2D eigenvalue weighted by Gasteiger charge is 2.58. The predicted octanol–water partition coefficient (Wildman–Crippen LogP) is 5.63. The van der Waals surface area contributed by atoms with E-state index >= 15 is 0 Å². The van der Waals surface area contributed by atoms with Crippen molar-refractivity contribution in [3.8, 4) is 11.5 Å². The third-order valence-electron chi connectivity index (χ3n) is 7.63. The molecule has 0 saturated heterocycles. The quantitative estimate of drug-likeness (QED) is 0.665. The molecule has 4 unspecified atom stereocenters. The van der Waals surface area contributed by atoms with Gasteiger partial charge < -0.3 is 9.47 Å². The molecule has 0 bridgehead atoms. The van der Waals surface area contributed by atoms with Crippen LogP contribution in [0.2, 0.25) is 0 Å². The van der Waals surface area contributed by atoms with E-state index in [1.54, 1.807) is 7.11 Å². The molecule has 3 aliphatic rings. The van der Waals surface area contributed by atoms with Crippen molar-refractivity contribution in [3.05, 3.63) is 23.8 Å². The van der Waals surface area contributed by atoms with Crippen molar-refractivity contribution in [1.82, 2.24) is 0 Å². The van der Waals surface area contributed by atoms with Gasteiger partial charge in [0.25, 0.3) is 0 Å². The second-order valence-corrected chi connectivity index (χ2v) is 9.75. The normalized spacial score (nSPS) is 39.9. The standard InChI is InChI=1S/C22H32O2/c1-20(2)10-11-21(3)16(14-20)8-9-22(4)19(21)13-15-12-17(23-5)6-7-18(15)24-22/h6-7,12,16,19H,8-11,13-14H2,1-5H3. The van der Waals surface area contributed by atoms with Crippen LogP contribution in [0, 0.1) is 22.7 Å². The van der Waals surface area contributed by atoms with Gasteiger partial charge in [-0.2, -0.15) is 0 Å². The van der Waals surface area contributed by atoms with Crippen molar-refractivity contribution in [2.24, 2.45) is 22.7 Å². The Morgan fingerprint density at radius 1 is 1.08 bits per heavy atom. The average Bonchev–Trinajstić information content (AvgIpc) is 2.54. The first kappa shape index (κ1) is 16.3. The van der Waals surface area contributed by atoms with E-state index in [1.807, 2.05) is 6.07 Å². The highest BCUT2D eigenvalue weighted by Crippen LogP contribution is 2.62. The summed E-state index contributed by atoms with van der Waals surface area (Å²) in [4.78, 5) is 0. The lowest BCUT2D eigenvalue weighted by molar-refractivity contribution is -0.145. The Balaban J connectivity index is 1.71. The minimum Gasteiger partial charge on any atom is -0.497 e. The molecule has 0 aromatic heterocycles. The van der Waals surface area contributed by atoms with Gasteiger partial charge in [-0.25, -0.2) is 0 Å². The minimum atomic E-state index is -0.00563. The summed E-state index contributed by atoms with van der Waals surface area (Å²) in [7, 11) is 1.75. The van der Waals surface area contributed by atoms with Crippen LogP contribution in [0.25, 0.3) is 0 Å². The fourth-order valence-corrected chi connectivity index (χ4v) is 6.02. The monoisotopic (exact) mass is 328 g/mol. The van der Waals surface area contributed by atoms with Crippen LogP contribution in [0.1, 0.15) is 65.4 Å². The van der Waals surface area contributed by atoms with E-state index in [2.05, 4.69) is 39.8 Å². The van der Waals surface area contributed by atoms with E-state index in [0.29, 0.717) is 16.7 Å². The van der Waals surface area contributed by atoms with Gasteiger partial charge in [-0.3, -0.25) is 0 Å². The Morgan fingerprint density at radius 3 is 2.62 bits per heavy atom. The zero-order chi connectivity index (χ0) is 17.2. The lowest BCUT2D eigenvalue weighted by atomic mass is 9.47. The van der Waals surface area contributed by atoms with Gasteiger partial charge in [-0.05, 0) is 86.0 Å². The number of hydrogen-bond acceptors (Lipinski definition) is 2. The summed E-state index contributed by atoms with van der Waals surface area (Å²) in [6, 6.07) is 6.32. The van der Waals surface area contributed by atoms with Crippen LogP contribution in [-0.4, -0.2) is 12.7 Å². The van der Waals surface area contributed by atoms with Gasteiger partial charge in [0.1, 0.15) is 17.1 Å². The maximum absolute atomic E-state index is 6.63. The number of hydrogen-bond donors (Lipinski definition) is 0. The number of rotatable bonds is 1. The highest BCUT2D eigenvalue weighted by atomic mass is 16.5. The molecule has 0 amide bonds. The molecule has 1 heterocycles. The van der Waals surface area contributed by atoms with E-state index in [9.17, 15) is 0 Å². The summed E-state index contributed by atoms with van der Waals surface area (Å²) in [6.45, 7) is 9.84. The summed E-state index contributed by atoms with van der Waals surface area (Å²) < 4.78 is 12.1. The second kappa shape index (κ2) is 5.16. The lowest BCUT2D eigenvalue weighted by Crippen LogP contribution is -2.59. The summed E-state index contributed by atoms with van der Waals surface area (Å²) in [5, 5.41) is 0. The van der Waals surface area contributed by atoms with Crippen molar-refractivity contribution >= 4 is 0 Å². The van der Waals surface area contributed by atoms with E-state index in [0.717, 1.165) is 23.8 Å². The first-order chi connectivity index (χ1) is 11.3. The zero-order valence-electron chi connectivity index (χ0n) is 15.9. The molecular weight excluding hydrogens is 296 g/mol. The van der Waals surface area contributed by atoms with Gasteiger partial charge in [0, 0.05) is 5.92 Å². The lowest BCUT2D eigenvalue weighted by Gasteiger charge is -2.61. The average molecular weight is 328 g/mol. The van der Waals surface area contributed by atoms with Crippen LogP contribution in [-0.2, 0) is 6.42 Å². The molecule has 1 aliphatic heterocycles. The molecule has 2 fully saturated rings. The maximum Gasteiger partial charge on any atom is 0.123 e. The van der Waals surface area contributed by atoms with Crippen LogP contribution >= 0.6 is 0 Å².